The molecule has 0 spiro atoms. The van der Waals surface area contributed by atoms with Gasteiger partial charge in [0.2, 0.25) is 0 Å². The highest BCUT2D eigenvalue weighted by atomic mass is 16.5. The van der Waals surface area contributed by atoms with Crippen LogP contribution in [0, 0.1) is 11.3 Å². The molecule has 0 aliphatic heterocycles. The highest BCUT2D eigenvalue weighted by Crippen LogP contribution is 2.21. The van der Waals surface area contributed by atoms with E-state index in [9.17, 15) is 0 Å². The normalized spacial score (nSPS) is 13.5. The maximum atomic E-state index is 5.89. The third kappa shape index (κ3) is 10.3. The van der Waals surface area contributed by atoms with Crippen molar-refractivity contribution in [1.82, 2.24) is 10.9 Å². The topological polar surface area (TPSA) is 85.3 Å². The molecule has 0 amide bonds. The van der Waals surface area contributed by atoms with Crippen molar-refractivity contribution in [3.63, 3.8) is 0 Å². The van der Waals surface area contributed by atoms with Gasteiger partial charge in [-0.25, -0.2) is 10.9 Å². The Morgan fingerprint density at radius 1 is 1.19 bits per heavy atom. The molecule has 0 aromatic carbocycles. The monoisotopic (exact) mass is 232 g/mol. The number of nitrogens with two attached hydrogens (primary N) is 2. The molecule has 0 bridgehead atoms. The van der Waals surface area contributed by atoms with Crippen LogP contribution in [0.25, 0.3) is 0 Å². The zero-order chi connectivity index (χ0) is 12.8. The largest absolute Gasteiger partial charge is 0.365 e. The molecule has 0 aliphatic rings. The van der Waals surface area contributed by atoms with Crippen LogP contribution in [0.1, 0.15) is 41.0 Å². The fourth-order valence-electron chi connectivity index (χ4n) is 1.47. The molecule has 5 heteroatoms. The Hall–Kier alpha value is -0.200. The average molecular weight is 232 g/mol. The highest BCUT2D eigenvalue weighted by molar-refractivity contribution is 4.78. The summed E-state index contributed by atoms with van der Waals surface area (Å²) < 4.78 is 5.34. The van der Waals surface area contributed by atoms with Crippen LogP contribution in [0.3, 0.4) is 0 Å². The predicted molar refractivity (Wildman–Crippen MR) is 67.1 cm³/mol. The summed E-state index contributed by atoms with van der Waals surface area (Å²) in [5.41, 5.74) is 17.6. The minimum absolute atomic E-state index is 0.0803. The summed E-state index contributed by atoms with van der Waals surface area (Å²) in [6.45, 7) is 11.6. The van der Waals surface area contributed by atoms with Gasteiger partial charge in [-0.15, -0.1) is 0 Å². The van der Waals surface area contributed by atoms with Crippen molar-refractivity contribution in [2.24, 2.45) is 22.8 Å². The molecule has 0 aromatic heterocycles. The maximum absolute atomic E-state index is 5.89. The lowest BCUT2D eigenvalue weighted by Crippen LogP contribution is -2.66. The lowest BCUT2D eigenvalue weighted by molar-refractivity contribution is 0.0686. The molecule has 98 valence electrons. The second-order valence-corrected chi connectivity index (χ2v) is 5.99. The summed E-state index contributed by atoms with van der Waals surface area (Å²) in [6.07, 6.45) is 0.664. The number of hydrogen-bond acceptors (Lipinski definition) is 5. The van der Waals surface area contributed by atoms with Gasteiger partial charge in [0.25, 0.3) is 0 Å². The van der Waals surface area contributed by atoms with Crippen molar-refractivity contribution in [2.75, 3.05) is 13.3 Å². The number of nitrogens with one attached hydrogen (secondary N) is 2. The molecule has 0 unspecified atom stereocenters. The summed E-state index contributed by atoms with van der Waals surface area (Å²) in [4.78, 5) is 0. The minimum Gasteiger partial charge on any atom is -0.365 e. The first-order chi connectivity index (χ1) is 7.12. The Balaban J connectivity index is 3.66. The van der Waals surface area contributed by atoms with Crippen molar-refractivity contribution in [1.29, 1.82) is 0 Å². The smallest absolute Gasteiger partial charge is 0.131 e. The van der Waals surface area contributed by atoms with Crippen LogP contribution in [0.5, 0.6) is 0 Å². The summed E-state index contributed by atoms with van der Waals surface area (Å²) >= 11 is 0. The number of ether oxygens (including phenoxy) is 1. The van der Waals surface area contributed by atoms with E-state index in [1.807, 2.05) is 0 Å². The summed E-state index contributed by atoms with van der Waals surface area (Å²) in [5, 5.41) is 0. The summed E-state index contributed by atoms with van der Waals surface area (Å²) in [5.74, 6) is -0.392. The van der Waals surface area contributed by atoms with Crippen LogP contribution in [-0.2, 0) is 4.74 Å². The lowest BCUT2D eigenvalue weighted by atomic mass is 9.89. The fourth-order valence-corrected chi connectivity index (χ4v) is 1.47. The van der Waals surface area contributed by atoms with Gasteiger partial charge in [0.05, 0.1) is 6.61 Å². The Labute approximate surface area is 99.3 Å². The highest BCUT2D eigenvalue weighted by Gasteiger charge is 2.25. The molecule has 0 radical (unpaired) electrons. The summed E-state index contributed by atoms with van der Waals surface area (Å²) in [6, 6.07) is 0. The van der Waals surface area contributed by atoms with E-state index in [1.165, 1.54) is 0 Å². The van der Waals surface area contributed by atoms with Crippen LogP contribution in [0.2, 0.25) is 0 Å². The molecule has 5 nitrogen and oxygen atoms in total. The average Bonchev–Trinajstić information content (AvgIpc) is 1.97. The van der Waals surface area contributed by atoms with Gasteiger partial charge in [-0.05, 0) is 17.8 Å². The van der Waals surface area contributed by atoms with Gasteiger partial charge in [0.15, 0.2) is 0 Å². The van der Waals surface area contributed by atoms with Gasteiger partial charge in [0.1, 0.15) is 12.5 Å². The standard InChI is InChI=1S/C11H28N4O/c1-9(2)6-16-8-14-15-11(12,13)7-10(3,4)5/h9,14-15H,6-8,12-13H2,1-5H3. The first kappa shape index (κ1) is 15.8. The zero-order valence-corrected chi connectivity index (χ0v) is 11.3. The third-order valence-corrected chi connectivity index (χ3v) is 1.77. The quantitative estimate of drug-likeness (QED) is 0.295. The Morgan fingerprint density at radius 3 is 2.19 bits per heavy atom. The van der Waals surface area contributed by atoms with Gasteiger partial charge in [-0.2, -0.15) is 0 Å². The molecular weight excluding hydrogens is 204 g/mol. The molecule has 0 fully saturated rings. The van der Waals surface area contributed by atoms with Gasteiger partial charge in [-0.3, -0.25) is 0 Å². The fraction of sp³-hybridized carbons (Fsp3) is 1.00. The van der Waals surface area contributed by atoms with Gasteiger partial charge >= 0.3 is 0 Å². The van der Waals surface area contributed by atoms with Crippen molar-refractivity contribution >= 4 is 0 Å². The molecule has 0 saturated heterocycles. The first-order valence-electron chi connectivity index (χ1n) is 5.78. The molecule has 0 aliphatic carbocycles. The van der Waals surface area contributed by atoms with Crippen molar-refractivity contribution in [2.45, 2.75) is 46.8 Å². The Morgan fingerprint density at radius 2 is 1.75 bits per heavy atom. The van der Waals surface area contributed by atoms with E-state index < -0.39 is 5.79 Å². The van der Waals surface area contributed by atoms with E-state index in [4.69, 9.17) is 16.2 Å². The van der Waals surface area contributed by atoms with E-state index in [0.29, 0.717) is 19.1 Å². The van der Waals surface area contributed by atoms with Gasteiger partial charge in [-0.1, -0.05) is 34.6 Å². The summed E-state index contributed by atoms with van der Waals surface area (Å²) in [7, 11) is 0. The minimum atomic E-state index is -0.917. The molecule has 0 heterocycles. The molecule has 6 N–H and O–H groups in total. The molecule has 0 saturated carbocycles. The Bertz CT molecular complexity index is 187. The SMILES string of the molecule is CC(C)COCNNC(N)(N)CC(C)(C)C. The van der Waals surface area contributed by atoms with Gasteiger partial charge < -0.3 is 16.2 Å². The molecule has 0 atom stereocenters. The van der Waals surface area contributed by atoms with E-state index in [0.717, 1.165) is 6.61 Å². The number of hydrazine groups is 1. The van der Waals surface area contributed by atoms with Crippen molar-refractivity contribution in [3.8, 4) is 0 Å². The van der Waals surface area contributed by atoms with Crippen LogP contribution >= 0.6 is 0 Å². The first-order valence-corrected chi connectivity index (χ1v) is 5.78. The van der Waals surface area contributed by atoms with E-state index in [-0.39, 0.29) is 5.41 Å². The van der Waals surface area contributed by atoms with Gasteiger partial charge in [0, 0.05) is 0 Å². The molecule has 0 rings (SSSR count). The maximum Gasteiger partial charge on any atom is 0.131 e. The van der Waals surface area contributed by atoms with Crippen LogP contribution in [-0.4, -0.2) is 19.1 Å². The third-order valence-electron chi connectivity index (χ3n) is 1.77. The van der Waals surface area contributed by atoms with Crippen molar-refractivity contribution < 1.29 is 4.74 Å². The van der Waals surface area contributed by atoms with E-state index in [2.05, 4.69) is 45.5 Å². The van der Waals surface area contributed by atoms with Crippen LogP contribution in [0.4, 0.5) is 0 Å². The molecular formula is C11H28N4O. The Kier molecular flexibility index (Phi) is 6.43. The second-order valence-electron chi connectivity index (χ2n) is 5.99. The van der Waals surface area contributed by atoms with Crippen molar-refractivity contribution in [3.05, 3.63) is 0 Å². The lowest BCUT2D eigenvalue weighted by Gasteiger charge is -2.32. The second kappa shape index (κ2) is 6.51. The zero-order valence-electron chi connectivity index (χ0n) is 11.3. The molecule has 16 heavy (non-hydrogen) atoms. The van der Waals surface area contributed by atoms with Crippen LogP contribution < -0.4 is 22.3 Å². The molecule has 0 aromatic rings. The predicted octanol–water partition coefficient (Wildman–Crippen LogP) is 0.718. The van der Waals surface area contributed by atoms with E-state index >= 15 is 0 Å². The van der Waals surface area contributed by atoms with Crippen LogP contribution in [0.15, 0.2) is 0 Å². The van der Waals surface area contributed by atoms with E-state index in [1.54, 1.807) is 0 Å². The number of rotatable bonds is 7. The number of hydrogen-bond donors (Lipinski definition) is 4.